The summed E-state index contributed by atoms with van der Waals surface area (Å²) in [5.41, 5.74) is 6.85. The molecule has 0 amide bonds. The lowest BCUT2D eigenvalue weighted by atomic mass is 10.0. The van der Waals surface area contributed by atoms with Gasteiger partial charge in [0, 0.05) is 18.8 Å². The van der Waals surface area contributed by atoms with Crippen molar-refractivity contribution in [1.82, 2.24) is 0 Å². The molecule has 0 aromatic heterocycles. The summed E-state index contributed by atoms with van der Waals surface area (Å²) in [5, 5.41) is 8.61. The van der Waals surface area contributed by atoms with E-state index in [4.69, 9.17) is 10.8 Å². The molecule has 0 bridgehead atoms. The highest BCUT2D eigenvalue weighted by Crippen LogP contribution is 2.30. The summed E-state index contributed by atoms with van der Waals surface area (Å²) in [6, 6.07) is 5.39. The van der Waals surface area contributed by atoms with Gasteiger partial charge in [0.1, 0.15) is 6.61 Å². The van der Waals surface area contributed by atoms with E-state index in [-0.39, 0.29) is 0 Å². The van der Waals surface area contributed by atoms with E-state index in [1.165, 1.54) is 12.8 Å². The number of aliphatic hydroxyl groups excluding tert-OH is 1. The Morgan fingerprint density at radius 1 is 1.22 bits per heavy atom. The van der Waals surface area contributed by atoms with Crippen molar-refractivity contribution in [3.05, 3.63) is 29.8 Å². The first-order chi connectivity index (χ1) is 8.54. The molecule has 1 heterocycles. The number of hydrogen-bond donors (Lipinski definition) is 2. The summed E-state index contributed by atoms with van der Waals surface area (Å²) in [7, 11) is 0. The van der Waals surface area contributed by atoms with Gasteiger partial charge >= 0.3 is 0 Å². The highest BCUT2D eigenvalue weighted by molar-refractivity contribution is 5.48. The Hall–Kier alpha value is -1.20. The normalized spacial score (nSPS) is 18.1. The molecule has 1 aromatic rings. The first kappa shape index (κ1) is 13.2. The molecule has 0 saturated carbocycles. The van der Waals surface area contributed by atoms with Crippen molar-refractivity contribution in [2.75, 3.05) is 24.6 Å². The van der Waals surface area contributed by atoms with Crippen LogP contribution in [0, 0.1) is 0 Å². The number of benzene rings is 1. The monoisotopic (exact) mass is 256 g/mol. The molecule has 2 rings (SSSR count). The highest BCUT2D eigenvalue weighted by atomic mass is 19.3. The van der Waals surface area contributed by atoms with Crippen LogP contribution in [0.2, 0.25) is 0 Å². The standard InChI is InChI=1S/C13H18F2N2O/c14-13(15,9-18)12(16)10-3-5-11(6-4-10)17-7-1-2-8-17/h3-6,12,18H,1-2,7-9,16H2/t12-/m1/s1. The third kappa shape index (κ3) is 2.62. The van der Waals surface area contributed by atoms with Crippen LogP contribution in [0.25, 0.3) is 0 Å². The van der Waals surface area contributed by atoms with Gasteiger partial charge < -0.3 is 15.7 Å². The second-order valence-corrected chi connectivity index (χ2v) is 4.68. The first-order valence-corrected chi connectivity index (χ1v) is 6.14. The zero-order chi connectivity index (χ0) is 13.2. The van der Waals surface area contributed by atoms with Crippen LogP contribution in [0.5, 0.6) is 0 Å². The van der Waals surface area contributed by atoms with Crippen LogP contribution in [-0.2, 0) is 0 Å². The van der Waals surface area contributed by atoms with Crippen molar-refractivity contribution < 1.29 is 13.9 Å². The molecule has 5 heteroatoms. The van der Waals surface area contributed by atoms with Gasteiger partial charge in [-0.3, -0.25) is 0 Å². The Balaban J connectivity index is 2.12. The lowest BCUT2D eigenvalue weighted by Crippen LogP contribution is -2.36. The third-order valence-electron chi connectivity index (χ3n) is 3.39. The number of nitrogens with zero attached hydrogens (tertiary/aromatic N) is 1. The highest BCUT2D eigenvalue weighted by Gasteiger charge is 2.37. The molecule has 0 unspecified atom stereocenters. The van der Waals surface area contributed by atoms with Crippen LogP contribution in [0.3, 0.4) is 0 Å². The zero-order valence-corrected chi connectivity index (χ0v) is 10.1. The Morgan fingerprint density at radius 3 is 2.28 bits per heavy atom. The largest absolute Gasteiger partial charge is 0.390 e. The predicted octanol–water partition coefficient (Wildman–Crippen LogP) is 1.91. The number of hydrogen-bond acceptors (Lipinski definition) is 3. The minimum atomic E-state index is -3.28. The smallest absolute Gasteiger partial charge is 0.289 e. The minimum absolute atomic E-state index is 0.344. The van der Waals surface area contributed by atoms with Gasteiger partial charge in [0.15, 0.2) is 0 Å². The predicted molar refractivity (Wildman–Crippen MR) is 66.9 cm³/mol. The molecule has 100 valence electrons. The van der Waals surface area contributed by atoms with Crippen LogP contribution in [0.15, 0.2) is 24.3 Å². The fraction of sp³-hybridized carbons (Fsp3) is 0.538. The summed E-state index contributed by atoms with van der Waals surface area (Å²) < 4.78 is 26.5. The van der Waals surface area contributed by atoms with E-state index >= 15 is 0 Å². The summed E-state index contributed by atoms with van der Waals surface area (Å²) in [6.45, 7) is 0.790. The molecule has 3 nitrogen and oxygen atoms in total. The third-order valence-corrected chi connectivity index (χ3v) is 3.39. The van der Waals surface area contributed by atoms with Gasteiger partial charge in [-0.25, -0.2) is 8.78 Å². The lowest BCUT2D eigenvalue weighted by molar-refractivity contribution is -0.0711. The van der Waals surface area contributed by atoms with E-state index in [9.17, 15) is 8.78 Å². The van der Waals surface area contributed by atoms with Gasteiger partial charge in [0.05, 0.1) is 6.04 Å². The summed E-state index contributed by atoms with van der Waals surface area (Å²) in [5.74, 6) is -3.28. The van der Waals surface area contributed by atoms with E-state index in [2.05, 4.69) is 4.90 Å². The van der Waals surface area contributed by atoms with Crippen molar-refractivity contribution in [2.24, 2.45) is 5.73 Å². The quantitative estimate of drug-likeness (QED) is 0.865. The molecule has 0 spiro atoms. The van der Waals surface area contributed by atoms with Crippen LogP contribution < -0.4 is 10.6 Å². The molecule has 1 aromatic carbocycles. The topological polar surface area (TPSA) is 49.5 Å². The SMILES string of the molecule is N[C@H](c1ccc(N2CCCC2)cc1)C(F)(F)CO. The van der Waals surface area contributed by atoms with Gasteiger partial charge in [-0.1, -0.05) is 12.1 Å². The Labute approximate surface area is 105 Å². The molecular weight excluding hydrogens is 238 g/mol. The maximum atomic E-state index is 13.2. The van der Waals surface area contributed by atoms with Crippen LogP contribution in [0.4, 0.5) is 14.5 Å². The molecule has 1 fully saturated rings. The maximum absolute atomic E-state index is 13.2. The van der Waals surface area contributed by atoms with E-state index < -0.39 is 18.6 Å². The van der Waals surface area contributed by atoms with Crippen LogP contribution >= 0.6 is 0 Å². The van der Waals surface area contributed by atoms with E-state index in [1.807, 2.05) is 12.1 Å². The number of aliphatic hydroxyl groups is 1. The fourth-order valence-electron chi connectivity index (χ4n) is 2.21. The second-order valence-electron chi connectivity index (χ2n) is 4.68. The van der Waals surface area contributed by atoms with Crippen LogP contribution in [0.1, 0.15) is 24.4 Å². The average molecular weight is 256 g/mol. The number of halogens is 2. The maximum Gasteiger partial charge on any atom is 0.289 e. The number of rotatable bonds is 4. The second kappa shape index (κ2) is 5.20. The molecule has 3 N–H and O–H groups in total. The number of alkyl halides is 2. The molecule has 1 aliphatic heterocycles. The fourth-order valence-corrected chi connectivity index (χ4v) is 2.21. The van der Waals surface area contributed by atoms with Gasteiger partial charge in [-0.15, -0.1) is 0 Å². The Bertz CT molecular complexity index is 388. The van der Waals surface area contributed by atoms with E-state index in [0.717, 1.165) is 18.8 Å². The molecule has 1 atom stereocenters. The number of nitrogens with two attached hydrogens (primary N) is 1. The Kier molecular flexibility index (Phi) is 3.82. The van der Waals surface area contributed by atoms with Gasteiger partial charge in [0.25, 0.3) is 5.92 Å². The summed E-state index contributed by atoms with van der Waals surface area (Å²) in [6.07, 6.45) is 2.34. The van der Waals surface area contributed by atoms with Crippen molar-refractivity contribution in [3.63, 3.8) is 0 Å². The molecule has 1 saturated heterocycles. The average Bonchev–Trinajstić information content (AvgIpc) is 2.92. The molecule has 1 aliphatic rings. The summed E-state index contributed by atoms with van der Waals surface area (Å²) >= 11 is 0. The number of anilines is 1. The lowest BCUT2D eigenvalue weighted by Gasteiger charge is -2.23. The van der Waals surface area contributed by atoms with E-state index in [0.29, 0.717) is 5.56 Å². The minimum Gasteiger partial charge on any atom is -0.390 e. The molecule has 0 aliphatic carbocycles. The molecule has 0 radical (unpaired) electrons. The van der Waals surface area contributed by atoms with Crippen molar-refractivity contribution in [2.45, 2.75) is 24.8 Å². The van der Waals surface area contributed by atoms with Gasteiger partial charge in [-0.2, -0.15) is 0 Å². The van der Waals surface area contributed by atoms with Crippen molar-refractivity contribution in [1.29, 1.82) is 0 Å². The summed E-state index contributed by atoms with van der Waals surface area (Å²) in [4.78, 5) is 2.22. The van der Waals surface area contributed by atoms with Crippen molar-refractivity contribution in [3.8, 4) is 0 Å². The molecule has 18 heavy (non-hydrogen) atoms. The molecular formula is C13H18F2N2O. The zero-order valence-electron chi connectivity index (χ0n) is 10.1. The van der Waals surface area contributed by atoms with Crippen molar-refractivity contribution >= 4 is 5.69 Å². The first-order valence-electron chi connectivity index (χ1n) is 6.14. The Morgan fingerprint density at radius 2 is 1.78 bits per heavy atom. The van der Waals surface area contributed by atoms with Crippen LogP contribution in [-0.4, -0.2) is 30.7 Å². The van der Waals surface area contributed by atoms with Gasteiger partial charge in [0.2, 0.25) is 0 Å². The van der Waals surface area contributed by atoms with E-state index in [1.54, 1.807) is 12.1 Å². The van der Waals surface area contributed by atoms with Gasteiger partial charge in [-0.05, 0) is 30.5 Å².